The van der Waals surface area contributed by atoms with E-state index in [0.717, 1.165) is 24.8 Å². The topological polar surface area (TPSA) is 37.3 Å². The van der Waals surface area contributed by atoms with E-state index in [1.54, 1.807) is 0 Å². The van der Waals surface area contributed by atoms with E-state index in [1.807, 2.05) is 5.38 Å². The molecular formula is C11H14O2S. The molecule has 1 aromatic heterocycles. The van der Waals surface area contributed by atoms with Crippen LogP contribution in [-0.4, -0.2) is 11.1 Å². The second-order valence-corrected chi connectivity index (χ2v) is 5.59. The van der Waals surface area contributed by atoms with E-state index in [2.05, 4.69) is 13.8 Å². The summed E-state index contributed by atoms with van der Waals surface area (Å²) in [5.74, 6) is -0.769. The van der Waals surface area contributed by atoms with E-state index in [1.165, 1.54) is 16.9 Å². The summed E-state index contributed by atoms with van der Waals surface area (Å²) in [5, 5.41) is 11.0. The van der Waals surface area contributed by atoms with E-state index in [9.17, 15) is 4.79 Å². The van der Waals surface area contributed by atoms with Crippen molar-refractivity contribution in [2.45, 2.75) is 33.1 Å². The Bertz CT molecular complexity index is 377. The zero-order valence-corrected chi connectivity index (χ0v) is 9.28. The first kappa shape index (κ1) is 9.71. The zero-order valence-electron chi connectivity index (χ0n) is 8.46. The molecule has 0 aliphatic heterocycles. The van der Waals surface area contributed by atoms with Crippen molar-refractivity contribution in [3.8, 4) is 0 Å². The Morgan fingerprint density at radius 2 is 2.29 bits per heavy atom. The fourth-order valence-electron chi connectivity index (χ4n) is 2.04. The highest BCUT2D eigenvalue weighted by molar-refractivity contribution is 7.12. The van der Waals surface area contributed by atoms with Gasteiger partial charge in [-0.25, -0.2) is 4.79 Å². The quantitative estimate of drug-likeness (QED) is 0.773. The molecule has 1 heterocycles. The summed E-state index contributed by atoms with van der Waals surface area (Å²) >= 11 is 1.37. The minimum atomic E-state index is -0.769. The van der Waals surface area contributed by atoms with Crippen LogP contribution in [0.5, 0.6) is 0 Å². The van der Waals surface area contributed by atoms with Crippen LogP contribution in [0.25, 0.3) is 0 Å². The Kier molecular flexibility index (Phi) is 2.14. The molecule has 0 atom stereocenters. The molecule has 2 rings (SSSR count). The van der Waals surface area contributed by atoms with E-state index in [-0.39, 0.29) is 5.41 Å². The molecule has 0 amide bonds. The van der Waals surface area contributed by atoms with Gasteiger partial charge < -0.3 is 5.11 Å². The van der Waals surface area contributed by atoms with Crippen molar-refractivity contribution in [3.05, 3.63) is 21.4 Å². The lowest BCUT2D eigenvalue weighted by Gasteiger charge is -2.29. The van der Waals surface area contributed by atoms with Gasteiger partial charge in [0.1, 0.15) is 4.88 Å². The third-order valence-corrected chi connectivity index (χ3v) is 3.96. The first-order valence-electron chi connectivity index (χ1n) is 4.82. The van der Waals surface area contributed by atoms with Crippen molar-refractivity contribution in [2.75, 3.05) is 0 Å². The maximum absolute atomic E-state index is 11.0. The van der Waals surface area contributed by atoms with Gasteiger partial charge in [0.05, 0.1) is 0 Å². The van der Waals surface area contributed by atoms with E-state index >= 15 is 0 Å². The van der Waals surface area contributed by atoms with Crippen molar-refractivity contribution in [2.24, 2.45) is 5.41 Å². The van der Waals surface area contributed by atoms with E-state index < -0.39 is 5.97 Å². The van der Waals surface area contributed by atoms with Crippen LogP contribution in [0, 0.1) is 5.41 Å². The molecule has 0 bridgehead atoms. The van der Waals surface area contributed by atoms with Crippen LogP contribution in [0.3, 0.4) is 0 Å². The molecule has 2 nitrogen and oxygen atoms in total. The fourth-order valence-corrected chi connectivity index (χ4v) is 3.01. The molecule has 0 aromatic carbocycles. The number of fused-ring (bicyclic) bond motifs is 1. The third kappa shape index (κ3) is 1.57. The highest BCUT2D eigenvalue weighted by atomic mass is 32.1. The summed E-state index contributed by atoms with van der Waals surface area (Å²) in [6.45, 7) is 4.42. The Hall–Kier alpha value is -0.830. The van der Waals surface area contributed by atoms with Crippen LogP contribution in [0.15, 0.2) is 5.38 Å². The van der Waals surface area contributed by atoms with Crippen molar-refractivity contribution >= 4 is 17.3 Å². The largest absolute Gasteiger partial charge is 0.477 e. The summed E-state index contributed by atoms with van der Waals surface area (Å²) < 4.78 is 0. The van der Waals surface area contributed by atoms with Crippen LogP contribution < -0.4 is 0 Å². The lowest BCUT2D eigenvalue weighted by molar-refractivity contribution is 0.0700. The van der Waals surface area contributed by atoms with E-state index in [4.69, 9.17) is 5.11 Å². The Morgan fingerprint density at radius 3 is 2.93 bits per heavy atom. The van der Waals surface area contributed by atoms with Crippen molar-refractivity contribution in [1.29, 1.82) is 0 Å². The van der Waals surface area contributed by atoms with Crippen molar-refractivity contribution in [1.82, 2.24) is 0 Å². The number of aromatic carboxylic acids is 1. The summed E-state index contributed by atoms with van der Waals surface area (Å²) in [4.78, 5) is 11.5. The number of hydrogen-bond acceptors (Lipinski definition) is 2. The normalized spacial score (nSPS) is 19.0. The van der Waals surface area contributed by atoms with Gasteiger partial charge in [-0.3, -0.25) is 0 Å². The molecule has 0 fully saturated rings. The predicted octanol–water partition coefficient (Wildman–Crippen LogP) is 2.96. The number of carbonyl (C=O) groups is 1. The van der Waals surface area contributed by atoms with Gasteiger partial charge in [0.15, 0.2) is 0 Å². The van der Waals surface area contributed by atoms with Crippen molar-refractivity contribution in [3.63, 3.8) is 0 Å². The number of carboxylic acid groups (broad SMARTS) is 1. The number of hydrogen-bond donors (Lipinski definition) is 1. The van der Waals surface area contributed by atoms with Crippen LogP contribution >= 0.6 is 11.3 Å². The molecule has 1 aromatic rings. The fraction of sp³-hybridized carbons (Fsp3) is 0.545. The minimum Gasteiger partial charge on any atom is -0.477 e. The highest BCUT2D eigenvalue weighted by Crippen LogP contribution is 2.38. The van der Waals surface area contributed by atoms with Gasteiger partial charge in [0, 0.05) is 0 Å². The molecule has 0 saturated heterocycles. The average Bonchev–Trinajstić information content (AvgIpc) is 2.44. The molecular weight excluding hydrogens is 196 g/mol. The molecule has 3 heteroatoms. The second-order valence-electron chi connectivity index (χ2n) is 4.71. The monoisotopic (exact) mass is 210 g/mol. The maximum atomic E-state index is 11.0. The van der Waals surface area contributed by atoms with E-state index in [0.29, 0.717) is 4.88 Å². The minimum absolute atomic E-state index is 0.262. The molecule has 0 unspecified atom stereocenters. The predicted molar refractivity (Wildman–Crippen MR) is 57.1 cm³/mol. The van der Waals surface area contributed by atoms with Crippen LogP contribution in [0.4, 0.5) is 0 Å². The zero-order chi connectivity index (χ0) is 10.3. The molecule has 0 saturated carbocycles. The summed E-state index contributed by atoms with van der Waals surface area (Å²) in [5.41, 5.74) is 2.60. The molecule has 1 aliphatic rings. The lowest BCUT2D eigenvalue weighted by atomic mass is 9.75. The molecule has 0 spiro atoms. The summed E-state index contributed by atoms with van der Waals surface area (Å²) in [7, 11) is 0. The first-order valence-corrected chi connectivity index (χ1v) is 5.70. The van der Waals surface area contributed by atoms with Gasteiger partial charge in [0.25, 0.3) is 0 Å². The molecule has 14 heavy (non-hydrogen) atoms. The van der Waals surface area contributed by atoms with Crippen molar-refractivity contribution < 1.29 is 9.90 Å². The lowest BCUT2D eigenvalue weighted by Crippen LogP contribution is -2.22. The van der Waals surface area contributed by atoms with Crippen LogP contribution in [0.1, 0.15) is 41.1 Å². The van der Waals surface area contributed by atoms with Crippen LogP contribution in [-0.2, 0) is 12.8 Å². The van der Waals surface area contributed by atoms with Gasteiger partial charge in [-0.15, -0.1) is 11.3 Å². The van der Waals surface area contributed by atoms with Gasteiger partial charge in [0.2, 0.25) is 0 Å². The maximum Gasteiger partial charge on any atom is 0.346 e. The van der Waals surface area contributed by atoms with Gasteiger partial charge in [-0.1, -0.05) is 13.8 Å². The Morgan fingerprint density at radius 1 is 1.57 bits per heavy atom. The van der Waals surface area contributed by atoms with Crippen LogP contribution in [0.2, 0.25) is 0 Å². The third-order valence-electron chi connectivity index (χ3n) is 2.90. The molecule has 1 N–H and O–H groups in total. The number of carboxylic acids is 1. The van der Waals surface area contributed by atoms with Gasteiger partial charge in [-0.05, 0) is 41.2 Å². The molecule has 76 valence electrons. The highest BCUT2D eigenvalue weighted by Gasteiger charge is 2.29. The number of rotatable bonds is 1. The van der Waals surface area contributed by atoms with Gasteiger partial charge in [-0.2, -0.15) is 0 Å². The van der Waals surface area contributed by atoms with Gasteiger partial charge >= 0.3 is 5.97 Å². The molecule has 1 aliphatic carbocycles. The first-order chi connectivity index (χ1) is 6.49. The standard InChI is InChI=1S/C11H14O2S/c1-11(2)4-3-7-6-14-9(10(12)13)8(7)5-11/h6H,3-5H2,1-2H3,(H,12,13). The molecule has 0 radical (unpaired) electrons. The number of thiophene rings is 1. The summed E-state index contributed by atoms with van der Waals surface area (Å²) in [6, 6.07) is 0. The Balaban J connectivity index is 2.42. The SMILES string of the molecule is CC1(C)CCc2csc(C(=O)O)c2C1. The average molecular weight is 210 g/mol. The number of aryl methyl sites for hydroxylation is 1. The Labute approximate surface area is 87.6 Å². The summed E-state index contributed by atoms with van der Waals surface area (Å²) in [6.07, 6.45) is 3.11. The smallest absolute Gasteiger partial charge is 0.346 e. The second kappa shape index (κ2) is 3.09.